The van der Waals surface area contributed by atoms with E-state index in [1.165, 1.54) is 0 Å². The normalized spacial score (nSPS) is 11.7. The second-order valence-corrected chi connectivity index (χ2v) is 6.72. The number of fused-ring (bicyclic) bond motifs is 1. The first-order valence-corrected chi connectivity index (χ1v) is 8.38. The molecular formula is C17H13F2NO2S. The van der Waals surface area contributed by atoms with Gasteiger partial charge in [0.25, 0.3) is 0 Å². The summed E-state index contributed by atoms with van der Waals surface area (Å²) in [6.45, 7) is -0.0581. The quantitative estimate of drug-likeness (QED) is 0.793. The third-order valence-corrected chi connectivity index (χ3v) is 4.97. The summed E-state index contributed by atoms with van der Waals surface area (Å²) in [4.78, 5) is -0.958. The summed E-state index contributed by atoms with van der Waals surface area (Å²) in [6, 6.07) is 15.9. The maximum absolute atomic E-state index is 13.7. The highest BCUT2D eigenvalue weighted by atomic mass is 32.2. The zero-order chi connectivity index (χ0) is 16.4. The van der Waals surface area contributed by atoms with Gasteiger partial charge in [-0.05, 0) is 28.5 Å². The molecule has 0 heterocycles. The van der Waals surface area contributed by atoms with E-state index in [4.69, 9.17) is 0 Å². The lowest BCUT2D eigenvalue weighted by Gasteiger charge is -2.10. The molecule has 0 atom stereocenters. The van der Waals surface area contributed by atoms with Crippen LogP contribution in [0, 0.1) is 11.6 Å². The van der Waals surface area contributed by atoms with E-state index in [9.17, 15) is 17.2 Å². The van der Waals surface area contributed by atoms with E-state index >= 15 is 0 Å². The van der Waals surface area contributed by atoms with Gasteiger partial charge < -0.3 is 0 Å². The number of hydrogen-bond donors (Lipinski definition) is 1. The van der Waals surface area contributed by atoms with Crippen molar-refractivity contribution in [3.63, 3.8) is 0 Å². The van der Waals surface area contributed by atoms with Crippen molar-refractivity contribution in [1.29, 1.82) is 0 Å². The zero-order valence-electron chi connectivity index (χ0n) is 12.0. The highest BCUT2D eigenvalue weighted by Crippen LogP contribution is 2.21. The topological polar surface area (TPSA) is 46.2 Å². The van der Waals surface area contributed by atoms with Crippen LogP contribution < -0.4 is 4.72 Å². The number of rotatable bonds is 4. The van der Waals surface area contributed by atoms with Gasteiger partial charge in [0.05, 0.1) is 0 Å². The fraction of sp³-hybridized carbons (Fsp3) is 0.0588. The molecule has 1 N–H and O–H groups in total. The van der Waals surface area contributed by atoms with Gasteiger partial charge in [-0.15, -0.1) is 0 Å². The second kappa shape index (κ2) is 6.06. The number of sulfonamides is 1. The minimum absolute atomic E-state index is 0.0581. The molecule has 3 aromatic rings. The smallest absolute Gasteiger partial charge is 0.207 e. The summed E-state index contributed by atoms with van der Waals surface area (Å²) in [5.41, 5.74) is 0.725. The lowest BCUT2D eigenvalue weighted by atomic mass is 10.1. The Kier molecular flexibility index (Phi) is 4.11. The molecule has 0 aliphatic carbocycles. The van der Waals surface area contributed by atoms with Gasteiger partial charge in [0.2, 0.25) is 10.0 Å². The molecule has 3 aromatic carbocycles. The van der Waals surface area contributed by atoms with Crippen LogP contribution in [0.2, 0.25) is 0 Å². The third-order valence-electron chi connectivity index (χ3n) is 3.52. The van der Waals surface area contributed by atoms with Crippen molar-refractivity contribution >= 4 is 20.8 Å². The maximum atomic E-state index is 13.7. The first-order valence-electron chi connectivity index (χ1n) is 6.89. The molecule has 118 valence electrons. The van der Waals surface area contributed by atoms with Crippen molar-refractivity contribution in [1.82, 2.24) is 4.72 Å². The van der Waals surface area contributed by atoms with Crippen LogP contribution in [0.25, 0.3) is 10.8 Å². The van der Waals surface area contributed by atoms with Gasteiger partial charge in [-0.25, -0.2) is 21.9 Å². The third kappa shape index (κ3) is 3.09. The zero-order valence-corrected chi connectivity index (χ0v) is 12.8. The van der Waals surface area contributed by atoms with E-state index in [1.807, 2.05) is 30.3 Å². The molecule has 3 nitrogen and oxygen atoms in total. The van der Waals surface area contributed by atoms with Crippen LogP contribution >= 0.6 is 0 Å². The summed E-state index contributed by atoms with van der Waals surface area (Å²) in [5.74, 6) is -2.23. The Labute approximate surface area is 132 Å². The lowest BCUT2D eigenvalue weighted by molar-refractivity contribution is 0.514. The Bertz CT molecular complexity index is 946. The van der Waals surface area contributed by atoms with Gasteiger partial charge in [0.1, 0.15) is 11.6 Å². The van der Waals surface area contributed by atoms with Crippen LogP contribution in [-0.2, 0) is 16.6 Å². The second-order valence-electron chi connectivity index (χ2n) is 5.01. The Morgan fingerprint density at radius 3 is 2.17 bits per heavy atom. The highest BCUT2D eigenvalue weighted by molar-refractivity contribution is 7.89. The monoisotopic (exact) mass is 333 g/mol. The molecule has 0 spiro atoms. The van der Waals surface area contributed by atoms with Crippen LogP contribution in [0.5, 0.6) is 0 Å². The molecule has 0 aliphatic rings. The van der Waals surface area contributed by atoms with Crippen LogP contribution in [0.4, 0.5) is 8.78 Å². The fourth-order valence-electron chi connectivity index (χ4n) is 2.43. The Balaban J connectivity index is 1.93. The predicted octanol–water partition coefficient (Wildman–Crippen LogP) is 3.60. The van der Waals surface area contributed by atoms with Crippen LogP contribution in [0.15, 0.2) is 65.6 Å². The standard InChI is InChI=1S/C17H13F2NO2S/c18-15-9-4-10-16(19)17(15)23(21,22)20-11-13-7-3-6-12-5-1-2-8-14(12)13/h1-10,20H,11H2. The van der Waals surface area contributed by atoms with Gasteiger partial charge in [0, 0.05) is 6.54 Å². The van der Waals surface area contributed by atoms with Crippen LogP contribution in [0.1, 0.15) is 5.56 Å². The van der Waals surface area contributed by atoms with Crippen molar-refractivity contribution in [2.24, 2.45) is 0 Å². The summed E-state index contributed by atoms with van der Waals surface area (Å²) >= 11 is 0. The predicted molar refractivity (Wildman–Crippen MR) is 84.3 cm³/mol. The number of nitrogens with one attached hydrogen (secondary N) is 1. The fourth-order valence-corrected chi connectivity index (χ4v) is 3.57. The molecule has 3 rings (SSSR count). The maximum Gasteiger partial charge on any atom is 0.246 e. The first kappa shape index (κ1) is 15.6. The van der Waals surface area contributed by atoms with E-state index in [2.05, 4.69) is 4.72 Å². The lowest BCUT2D eigenvalue weighted by Crippen LogP contribution is -2.25. The van der Waals surface area contributed by atoms with E-state index in [0.29, 0.717) is 0 Å². The van der Waals surface area contributed by atoms with E-state index in [-0.39, 0.29) is 6.54 Å². The first-order chi connectivity index (χ1) is 11.0. The Hall–Kier alpha value is -2.31. The minimum Gasteiger partial charge on any atom is -0.207 e. The van der Waals surface area contributed by atoms with Crippen molar-refractivity contribution in [3.8, 4) is 0 Å². The van der Waals surface area contributed by atoms with E-state index < -0.39 is 26.6 Å². The number of benzene rings is 3. The molecule has 0 saturated heterocycles. The summed E-state index contributed by atoms with van der Waals surface area (Å²) in [7, 11) is -4.29. The molecular weight excluding hydrogens is 320 g/mol. The Morgan fingerprint density at radius 2 is 1.43 bits per heavy atom. The minimum atomic E-state index is -4.29. The highest BCUT2D eigenvalue weighted by Gasteiger charge is 2.23. The van der Waals surface area contributed by atoms with Gasteiger partial charge >= 0.3 is 0 Å². The van der Waals surface area contributed by atoms with Crippen LogP contribution in [-0.4, -0.2) is 8.42 Å². The molecule has 0 aliphatic heterocycles. The van der Waals surface area contributed by atoms with Gasteiger partial charge in [0.15, 0.2) is 4.90 Å². The van der Waals surface area contributed by atoms with Gasteiger partial charge in [-0.1, -0.05) is 48.5 Å². The van der Waals surface area contributed by atoms with Crippen molar-refractivity contribution in [2.45, 2.75) is 11.4 Å². The van der Waals surface area contributed by atoms with Crippen molar-refractivity contribution < 1.29 is 17.2 Å². The molecule has 0 amide bonds. The molecule has 0 fully saturated rings. The molecule has 0 saturated carbocycles. The summed E-state index contributed by atoms with van der Waals surface area (Å²) in [6.07, 6.45) is 0. The van der Waals surface area contributed by atoms with Crippen molar-refractivity contribution in [2.75, 3.05) is 0 Å². The van der Waals surface area contributed by atoms with Gasteiger partial charge in [-0.3, -0.25) is 0 Å². The summed E-state index contributed by atoms with van der Waals surface area (Å²) < 4.78 is 54.0. The van der Waals surface area contributed by atoms with Crippen molar-refractivity contribution in [3.05, 3.63) is 77.9 Å². The average molecular weight is 333 g/mol. The average Bonchev–Trinajstić information content (AvgIpc) is 2.52. The SMILES string of the molecule is O=S(=O)(NCc1cccc2ccccc12)c1c(F)cccc1F. The number of halogens is 2. The van der Waals surface area contributed by atoms with Gasteiger partial charge in [-0.2, -0.15) is 0 Å². The largest absolute Gasteiger partial charge is 0.246 e. The van der Waals surface area contributed by atoms with E-state index in [1.54, 1.807) is 12.1 Å². The molecule has 23 heavy (non-hydrogen) atoms. The van der Waals surface area contributed by atoms with E-state index in [0.717, 1.165) is 34.5 Å². The molecule has 6 heteroatoms. The summed E-state index contributed by atoms with van der Waals surface area (Å²) in [5, 5.41) is 1.84. The number of hydrogen-bond acceptors (Lipinski definition) is 2. The Morgan fingerprint density at radius 1 is 0.826 bits per heavy atom. The molecule has 0 radical (unpaired) electrons. The molecule has 0 unspecified atom stereocenters. The molecule has 0 bridgehead atoms. The van der Waals surface area contributed by atoms with Crippen LogP contribution in [0.3, 0.4) is 0 Å². The molecule has 0 aromatic heterocycles.